The average Bonchev–Trinajstić information content (AvgIpc) is 3.27. The molecule has 0 radical (unpaired) electrons. The number of imidazole rings is 1. The Hall–Kier alpha value is -4.20. The van der Waals surface area contributed by atoms with E-state index in [0.29, 0.717) is 34.7 Å². The van der Waals surface area contributed by atoms with Crippen LogP contribution < -0.4 is 10.2 Å². The van der Waals surface area contributed by atoms with E-state index < -0.39 is 5.97 Å². The fourth-order valence-corrected chi connectivity index (χ4v) is 3.68. The second-order valence-corrected chi connectivity index (χ2v) is 8.11. The molecule has 8 heteroatoms. The van der Waals surface area contributed by atoms with Crippen LogP contribution in [0.2, 0.25) is 0 Å². The van der Waals surface area contributed by atoms with Gasteiger partial charge >= 0.3 is 5.97 Å². The molecule has 8 nitrogen and oxygen atoms in total. The van der Waals surface area contributed by atoms with Gasteiger partial charge in [0.05, 0.1) is 6.42 Å². The van der Waals surface area contributed by atoms with Crippen LogP contribution in [0.4, 0.5) is 11.5 Å². The number of carboxylic acids is 1. The van der Waals surface area contributed by atoms with Gasteiger partial charge in [0.2, 0.25) is 0 Å². The maximum absolute atomic E-state index is 12.4. The van der Waals surface area contributed by atoms with Crippen LogP contribution in [0.15, 0.2) is 60.9 Å². The number of aromatic nitrogens is 3. The Morgan fingerprint density at radius 3 is 2.39 bits per heavy atom. The normalized spacial score (nSPS) is 10.9. The van der Waals surface area contributed by atoms with E-state index in [1.165, 1.54) is 0 Å². The van der Waals surface area contributed by atoms with Crippen molar-refractivity contribution >= 4 is 29.0 Å². The van der Waals surface area contributed by atoms with Gasteiger partial charge in [-0.15, -0.1) is 0 Å². The number of carbonyl (C=O) groups is 2. The number of rotatable bonds is 7. The summed E-state index contributed by atoms with van der Waals surface area (Å²) in [6.07, 6.45) is 3.80. The van der Waals surface area contributed by atoms with Gasteiger partial charge < -0.3 is 15.3 Å². The van der Waals surface area contributed by atoms with Crippen LogP contribution in [0, 0.1) is 6.92 Å². The second-order valence-electron chi connectivity index (χ2n) is 8.11. The number of anilines is 2. The smallest absolute Gasteiger partial charge is 0.308 e. The second kappa shape index (κ2) is 9.12. The molecule has 4 aromatic rings. The Morgan fingerprint density at radius 1 is 1.06 bits per heavy atom. The molecule has 1 amide bonds. The lowest BCUT2D eigenvalue weighted by molar-refractivity contribution is -0.136. The van der Waals surface area contributed by atoms with Crippen LogP contribution in [-0.4, -0.2) is 45.4 Å². The number of hydrogen-bond acceptors (Lipinski definition) is 5. The summed E-state index contributed by atoms with van der Waals surface area (Å²) in [5, 5.41) is 12.2. The fraction of sp³-hybridized carbons (Fsp3) is 0.200. The van der Waals surface area contributed by atoms with Gasteiger partial charge in [-0.1, -0.05) is 29.8 Å². The van der Waals surface area contributed by atoms with Crippen LogP contribution in [0.1, 0.15) is 32.9 Å². The van der Waals surface area contributed by atoms with Crippen molar-refractivity contribution in [3.63, 3.8) is 0 Å². The highest BCUT2D eigenvalue weighted by Gasteiger charge is 2.19. The van der Waals surface area contributed by atoms with Gasteiger partial charge in [-0.25, -0.2) is 9.97 Å². The lowest BCUT2D eigenvalue weighted by atomic mass is 10.1. The Kier molecular flexibility index (Phi) is 6.08. The Labute approximate surface area is 191 Å². The van der Waals surface area contributed by atoms with Crippen molar-refractivity contribution in [1.29, 1.82) is 0 Å². The van der Waals surface area contributed by atoms with Crippen LogP contribution in [-0.2, 0) is 17.6 Å². The highest BCUT2D eigenvalue weighted by molar-refractivity contribution is 6.04. The van der Waals surface area contributed by atoms with Gasteiger partial charge in [-0.2, -0.15) is 0 Å². The Morgan fingerprint density at radius 2 is 1.76 bits per heavy atom. The molecule has 168 valence electrons. The van der Waals surface area contributed by atoms with Crippen molar-refractivity contribution in [3.05, 3.63) is 89.0 Å². The molecule has 2 aromatic heterocycles. The molecule has 2 heterocycles. The molecule has 0 fully saturated rings. The minimum atomic E-state index is -0.930. The molecule has 4 rings (SSSR count). The zero-order chi connectivity index (χ0) is 23.5. The van der Waals surface area contributed by atoms with Crippen molar-refractivity contribution in [2.45, 2.75) is 19.8 Å². The zero-order valence-electron chi connectivity index (χ0n) is 18.7. The van der Waals surface area contributed by atoms with E-state index in [9.17, 15) is 14.7 Å². The van der Waals surface area contributed by atoms with E-state index in [-0.39, 0.29) is 12.3 Å². The third-order valence-corrected chi connectivity index (χ3v) is 5.33. The predicted octanol–water partition coefficient (Wildman–Crippen LogP) is 3.57. The summed E-state index contributed by atoms with van der Waals surface area (Å²) in [5.41, 5.74) is 4.58. The first-order valence-corrected chi connectivity index (χ1v) is 10.5. The number of aryl methyl sites for hydroxylation is 1. The highest BCUT2D eigenvalue weighted by atomic mass is 16.5. The van der Waals surface area contributed by atoms with Crippen molar-refractivity contribution in [2.24, 2.45) is 0 Å². The summed E-state index contributed by atoms with van der Waals surface area (Å²) < 4.78 is 1.83. The first-order valence-electron chi connectivity index (χ1n) is 10.5. The van der Waals surface area contributed by atoms with Crippen molar-refractivity contribution in [3.8, 4) is 0 Å². The molecular formula is C25H25N5O3. The Balaban J connectivity index is 1.57. The third kappa shape index (κ3) is 4.85. The van der Waals surface area contributed by atoms with Crippen LogP contribution in [0.25, 0.3) is 5.65 Å². The molecule has 0 saturated heterocycles. The molecule has 0 bridgehead atoms. The van der Waals surface area contributed by atoms with E-state index in [1.54, 1.807) is 29.4 Å². The van der Waals surface area contributed by atoms with Gasteiger partial charge in [-0.3, -0.25) is 14.0 Å². The summed E-state index contributed by atoms with van der Waals surface area (Å²) in [7, 11) is 3.67. The number of nitrogens with one attached hydrogen (secondary N) is 1. The quantitative estimate of drug-likeness (QED) is 0.419. The molecule has 0 aliphatic rings. The summed E-state index contributed by atoms with van der Waals surface area (Å²) in [4.78, 5) is 34.8. The summed E-state index contributed by atoms with van der Waals surface area (Å²) in [6.45, 7) is 1.98. The fourth-order valence-electron chi connectivity index (χ4n) is 3.68. The molecule has 0 saturated carbocycles. The van der Waals surface area contributed by atoms with Gasteiger partial charge in [0.25, 0.3) is 5.91 Å². The monoisotopic (exact) mass is 448 g/mol. The standard InChI is InChI=1S/C25H25N5O3/c1-16-4-8-18(9-5-16)25(33)27-19-10-6-17(7-11-19)14-21-28-24(29(2)3)20(15-22(31)32)23-26-12-13-30(21)23/h4-13H,14-15H2,1-3H3,(H,27,33)(H,31,32)/i2+1,3+1,15+1,22+1,25+1. The lowest BCUT2D eigenvalue weighted by Gasteiger charge is -2.18. The van der Waals surface area contributed by atoms with Gasteiger partial charge in [0, 0.05) is 49.7 Å². The summed E-state index contributed by atoms with van der Waals surface area (Å²) in [5.74, 6) is 0.250. The highest BCUT2D eigenvalue weighted by Crippen LogP contribution is 2.24. The third-order valence-electron chi connectivity index (χ3n) is 5.33. The molecule has 0 unspecified atom stereocenters. The van der Waals surface area contributed by atoms with Crippen molar-refractivity contribution < 1.29 is 14.7 Å². The molecule has 33 heavy (non-hydrogen) atoms. The number of amides is 1. The molecular weight excluding hydrogens is 423 g/mol. The first-order chi connectivity index (χ1) is 15.8. The van der Waals surface area contributed by atoms with Gasteiger partial charge in [-0.05, 0) is 36.8 Å². The average molecular weight is 448 g/mol. The molecule has 2 aromatic carbocycles. The first kappa shape index (κ1) is 22.0. The van der Waals surface area contributed by atoms with Gasteiger partial charge in [0.15, 0.2) is 0 Å². The van der Waals surface area contributed by atoms with Gasteiger partial charge in [0.1, 0.15) is 17.3 Å². The number of hydrogen-bond donors (Lipinski definition) is 2. The summed E-state index contributed by atoms with van der Waals surface area (Å²) in [6, 6.07) is 15.0. The van der Waals surface area contributed by atoms with Crippen LogP contribution in [0.3, 0.4) is 0 Å². The predicted molar refractivity (Wildman–Crippen MR) is 127 cm³/mol. The maximum Gasteiger partial charge on any atom is 0.308 e. The van der Waals surface area contributed by atoms with E-state index in [0.717, 1.165) is 17.0 Å². The maximum atomic E-state index is 12.4. The minimum Gasteiger partial charge on any atom is -0.481 e. The van der Waals surface area contributed by atoms with E-state index >= 15 is 0 Å². The molecule has 0 spiro atoms. The number of aliphatic carboxylic acids is 1. The lowest BCUT2D eigenvalue weighted by Crippen LogP contribution is -2.19. The SMILES string of the molecule is Cc1ccc([13C](=O)Nc2ccc(Cc3nc(N([13CH3])[13CH3])c([13CH2][13C](=O)O)c4nccn34)cc2)cc1. The zero-order valence-corrected chi connectivity index (χ0v) is 18.7. The van der Waals surface area contributed by atoms with Crippen molar-refractivity contribution in [1.82, 2.24) is 14.4 Å². The number of nitrogens with zero attached hydrogens (tertiary/aromatic N) is 4. The number of carboxylic acid groups (broad SMARTS) is 1. The van der Waals surface area contributed by atoms with E-state index in [4.69, 9.17) is 4.98 Å². The molecule has 2 N–H and O–H groups in total. The molecule has 0 aliphatic carbocycles. The minimum absolute atomic E-state index is 0.156. The molecule has 0 atom stereocenters. The van der Waals surface area contributed by atoms with Crippen LogP contribution in [0.5, 0.6) is 0 Å². The van der Waals surface area contributed by atoms with Crippen LogP contribution >= 0.6 is 0 Å². The van der Waals surface area contributed by atoms with Crippen molar-refractivity contribution in [2.75, 3.05) is 24.3 Å². The summed E-state index contributed by atoms with van der Waals surface area (Å²) >= 11 is 0. The number of benzene rings is 2. The number of fused-ring (bicyclic) bond motifs is 1. The topological polar surface area (TPSA) is 99.8 Å². The molecule has 0 aliphatic heterocycles. The van der Waals surface area contributed by atoms with E-state index in [1.807, 2.05) is 61.8 Å². The Bertz CT molecular complexity index is 1310. The van der Waals surface area contributed by atoms with E-state index in [2.05, 4.69) is 10.3 Å². The largest absolute Gasteiger partial charge is 0.481 e. The number of carbonyl (C=O) groups excluding carboxylic acids is 1.